The Hall–Kier alpha value is -0.0800. The molecule has 0 aromatic heterocycles. The Morgan fingerprint density at radius 2 is 1.89 bits per heavy atom. The maximum atomic E-state index is 12.9. The normalized spacial score (nSPS) is 16.7. The van der Waals surface area contributed by atoms with Gasteiger partial charge in [-0.05, 0) is 27.8 Å². The highest BCUT2D eigenvalue weighted by molar-refractivity contribution is 9.10. The van der Waals surface area contributed by atoms with Crippen molar-refractivity contribution in [1.82, 2.24) is 0 Å². The van der Waals surface area contributed by atoms with Crippen LogP contribution in [0.25, 0.3) is 0 Å². The number of alkyl halides is 4. The van der Waals surface area contributed by atoms with Crippen molar-refractivity contribution in [3.63, 3.8) is 0 Å². The van der Waals surface area contributed by atoms with Gasteiger partial charge in [0, 0.05) is 24.3 Å². The van der Waals surface area contributed by atoms with Crippen molar-refractivity contribution in [2.45, 2.75) is 42.3 Å². The van der Waals surface area contributed by atoms with Crippen LogP contribution in [-0.2, 0) is 9.59 Å². The number of aliphatic carboxylic acids is 1. The standard InChI is InChI=1S/C11H16Br2F2O4/c1-10(2-3-16,5-7(17)4-9(18)19)8(12)6-11(13,14)15/h8,16H,2-6H2,1H3,(H,18,19). The Balaban J connectivity index is 4.82. The molecule has 19 heavy (non-hydrogen) atoms. The minimum absolute atomic E-state index is 0.122. The third-order valence-electron chi connectivity index (χ3n) is 2.80. The molecule has 0 rings (SSSR count). The summed E-state index contributed by atoms with van der Waals surface area (Å²) in [7, 11) is 0. The summed E-state index contributed by atoms with van der Waals surface area (Å²) in [5.74, 6) is -1.81. The van der Waals surface area contributed by atoms with Gasteiger partial charge in [0.2, 0.25) is 0 Å². The van der Waals surface area contributed by atoms with Gasteiger partial charge in [-0.15, -0.1) is 0 Å². The van der Waals surface area contributed by atoms with Crippen LogP contribution in [0.4, 0.5) is 8.78 Å². The molecule has 0 bridgehead atoms. The lowest BCUT2D eigenvalue weighted by Crippen LogP contribution is -2.35. The molecule has 0 aliphatic carbocycles. The predicted molar refractivity (Wildman–Crippen MR) is 72.9 cm³/mol. The number of ketones is 1. The van der Waals surface area contributed by atoms with Crippen LogP contribution in [0.3, 0.4) is 0 Å². The fourth-order valence-corrected chi connectivity index (χ4v) is 3.30. The highest BCUT2D eigenvalue weighted by Gasteiger charge is 2.40. The van der Waals surface area contributed by atoms with Gasteiger partial charge in [0.05, 0.1) is 0 Å². The number of rotatable bonds is 9. The lowest BCUT2D eigenvalue weighted by molar-refractivity contribution is -0.140. The number of Topliss-reactive ketones (excluding diaryl/α,β-unsaturated/α-hetero) is 1. The summed E-state index contributed by atoms with van der Waals surface area (Å²) in [5, 5.41) is 17.5. The highest BCUT2D eigenvalue weighted by atomic mass is 79.9. The summed E-state index contributed by atoms with van der Waals surface area (Å²) in [5.41, 5.74) is -0.932. The van der Waals surface area contributed by atoms with E-state index in [0.29, 0.717) is 0 Å². The molecule has 0 saturated heterocycles. The summed E-state index contributed by atoms with van der Waals surface area (Å²) in [6.45, 7) is 1.30. The lowest BCUT2D eigenvalue weighted by Gasteiger charge is -2.34. The SMILES string of the molecule is CC(CCO)(CC(=O)CC(=O)O)C(Br)CC(F)(F)Br. The molecule has 4 nitrogen and oxygen atoms in total. The van der Waals surface area contributed by atoms with Crippen molar-refractivity contribution in [2.24, 2.45) is 5.41 Å². The minimum atomic E-state index is -3.09. The third kappa shape index (κ3) is 7.94. The lowest BCUT2D eigenvalue weighted by atomic mass is 9.77. The van der Waals surface area contributed by atoms with Crippen LogP contribution in [0.1, 0.15) is 32.6 Å². The van der Waals surface area contributed by atoms with E-state index < -0.39 is 39.7 Å². The van der Waals surface area contributed by atoms with E-state index in [-0.39, 0.29) is 19.4 Å². The summed E-state index contributed by atoms with van der Waals surface area (Å²) in [6, 6.07) is 0. The molecule has 2 N–H and O–H groups in total. The number of hydrogen-bond donors (Lipinski definition) is 2. The first-order valence-corrected chi connectivity index (χ1v) is 7.26. The summed E-state index contributed by atoms with van der Waals surface area (Å²) in [6.07, 6.45) is -1.27. The van der Waals surface area contributed by atoms with Crippen molar-refractivity contribution >= 4 is 43.6 Å². The molecule has 0 aromatic rings. The van der Waals surface area contributed by atoms with Crippen molar-refractivity contribution in [1.29, 1.82) is 0 Å². The summed E-state index contributed by atoms with van der Waals surface area (Å²) in [4.78, 5) is 18.1. The minimum Gasteiger partial charge on any atom is -0.481 e. The molecule has 8 heteroatoms. The van der Waals surface area contributed by atoms with Gasteiger partial charge in [0.15, 0.2) is 0 Å². The van der Waals surface area contributed by atoms with E-state index >= 15 is 0 Å². The molecule has 2 unspecified atom stereocenters. The Kier molecular flexibility index (Phi) is 7.60. The van der Waals surface area contributed by atoms with Gasteiger partial charge < -0.3 is 10.2 Å². The van der Waals surface area contributed by atoms with Gasteiger partial charge in [-0.3, -0.25) is 9.59 Å². The van der Waals surface area contributed by atoms with Crippen LogP contribution in [0.15, 0.2) is 0 Å². The molecule has 0 fully saturated rings. The van der Waals surface area contributed by atoms with E-state index in [1.165, 1.54) is 0 Å². The van der Waals surface area contributed by atoms with Crippen LogP contribution in [0.5, 0.6) is 0 Å². The number of aliphatic hydroxyl groups is 1. The van der Waals surface area contributed by atoms with Crippen LogP contribution in [0.2, 0.25) is 0 Å². The second-order valence-corrected chi connectivity index (χ2v) is 6.97. The van der Waals surface area contributed by atoms with Gasteiger partial charge in [-0.1, -0.05) is 22.9 Å². The van der Waals surface area contributed by atoms with E-state index in [1.807, 2.05) is 0 Å². The number of carbonyl (C=O) groups excluding carboxylic acids is 1. The number of halogens is 4. The zero-order valence-electron chi connectivity index (χ0n) is 10.3. The monoisotopic (exact) mass is 408 g/mol. The first-order chi connectivity index (χ1) is 8.50. The van der Waals surface area contributed by atoms with E-state index in [4.69, 9.17) is 10.2 Å². The van der Waals surface area contributed by atoms with Crippen molar-refractivity contribution in [2.75, 3.05) is 6.61 Å². The Morgan fingerprint density at radius 3 is 2.26 bits per heavy atom. The van der Waals surface area contributed by atoms with E-state index in [9.17, 15) is 18.4 Å². The molecule has 0 aromatic carbocycles. The molecule has 0 heterocycles. The number of carbonyl (C=O) groups is 2. The number of hydrogen-bond acceptors (Lipinski definition) is 3. The number of aliphatic hydroxyl groups excluding tert-OH is 1. The zero-order chi connectivity index (χ0) is 15.3. The van der Waals surface area contributed by atoms with Gasteiger partial charge >= 0.3 is 10.8 Å². The van der Waals surface area contributed by atoms with Crippen LogP contribution < -0.4 is 0 Å². The van der Waals surface area contributed by atoms with Crippen LogP contribution in [0, 0.1) is 5.41 Å². The van der Waals surface area contributed by atoms with E-state index in [1.54, 1.807) is 6.92 Å². The quantitative estimate of drug-likeness (QED) is 0.453. The van der Waals surface area contributed by atoms with Gasteiger partial charge in [0.1, 0.15) is 12.2 Å². The van der Waals surface area contributed by atoms with Gasteiger partial charge in [0.25, 0.3) is 0 Å². The van der Waals surface area contributed by atoms with Gasteiger partial charge in [-0.25, -0.2) is 0 Å². The number of carboxylic acid groups (broad SMARTS) is 1. The van der Waals surface area contributed by atoms with Crippen molar-refractivity contribution in [3.05, 3.63) is 0 Å². The maximum Gasteiger partial charge on any atom is 0.310 e. The molecule has 0 radical (unpaired) electrons. The average molecular weight is 410 g/mol. The summed E-state index contributed by atoms with van der Waals surface area (Å²) >= 11 is 5.34. The fraction of sp³-hybridized carbons (Fsp3) is 0.818. The maximum absolute atomic E-state index is 12.9. The number of carboxylic acids is 1. The highest BCUT2D eigenvalue weighted by Crippen LogP contribution is 2.42. The molecule has 0 spiro atoms. The average Bonchev–Trinajstić information content (AvgIpc) is 2.12. The fourth-order valence-electron chi connectivity index (χ4n) is 1.74. The third-order valence-corrected chi connectivity index (χ3v) is 4.55. The second-order valence-electron chi connectivity index (χ2n) is 4.70. The smallest absolute Gasteiger partial charge is 0.310 e. The van der Waals surface area contributed by atoms with Crippen molar-refractivity contribution < 1.29 is 28.6 Å². The van der Waals surface area contributed by atoms with E-state index in [0.717, 1.165) is 0 Å². The van der Waals surface area contributed by atoms with Crippen LogP contribution >= 0.6 is 31.9 Å². The predicted octanol–water partition coefficient (Wildman–Crippen LogP) is 2.95. The molecular weight excluding hydrogens is 394 g/mol. The summed E-state index contributed by atoms with van der Waals surface area (Å²) < 4.78 is 25.9. The molecule has 0 aliphatic heterocycles. The Bertz CT molecular complexity index is 333. The van der Waals surface area contributed by atoms with E-state index in [2.05, 4.69) is 31.9 Å². The molecule has 0 aliphatic rings. The topological polar surface area (TPSA) is 74.6 Å². The van der Waals surface area contributed by atoms with Crippen LogP contribution in [-0.4, -0.2) is 38.2 Å². The molecule has 112 valence electrons. The second kappa shape index (κ2) is 7.64. The van der Waals surface area contributed by atoms with Gasteiger partial charge in [-0.2, -0.15) is 8.78 Å². The van der Waals surface area contributed by atoms with Crippen molar-refractivity contribution in [3.8, 4) is 0 Å². The molecule has 0 amide bonds. The Labute approximate surface area is 126 Å². The molecule has 2 atom stereocenters. The first kappa shape index (κ1) is 18.9. The largest absolute Gasteiger partial charge is 0.481 e. The zero-order valence-corrected chi connectivity index (χ0v) is 13.5. The Morgan fingerprint density at radius 1 is 1.37 bits per heavy atom. The first-order valence-electron chi connectivity index (χ1n) is 5.55. The molecular formula is C11H16Br2F2O4. The molecule has 0 saturated carbocycles.